The van der Waals surface area contributed by atoms with E-state index in [4.69, 9.17) is 16.7 Å². The van der Waals surface area contributed by atoms with E-state index in [0.717, 1.165) is 5.69 Å². The molecular weight excluding hydrogens is 388 g/mol. The Labute approximate surface area is 164 Å². The molecule has 1 amide bonds. The van der Waals surface area contributed by atoms with Crippen LogP contribution in [-0.4, -0.2) is 27.1 Å². The van der Waals surface area contributed by atoms with Gasteiger partial charge in [0.15, 0.2) is 0 Å². The SMILES string of the molecule is O=C(CCc1csc(-c2ccc(O)cc2Cl)n1)Nc1ccccc1C(=O)O. The molecule has 2 aromatic carbocycles. The number of aryl methyl sites for hydroxylation is 1. The summed E-state index contributed by atoms with van der Waals surface area (Å²) in [5.41, 5.74) is 1.76. The van der Waals surface area contributed by atoms with E-state index in [0.29, 0.717) is 22.0 Å². The zero-order valence-electron chi connectivity index (χ0n) is 14.0. The molecule has 3 rings (SSSR count). The van der Waals surface area contributed by atoms with E-state index in [-0.39, 0.29) is 29.3 Å². The van der Waals surface area contributed by atoms with Crippen molar-refractivity contribution >= 4 is 40.5 Å². The number of carbonyl (C=O) groups excluding carboxylic acids is 1. The van der Waals surface area contributed by atoms with E-state index < -0.39 is 5.97 Å². The lowest BCUT2D eigenvalue weighted by Gasteiger charge is -2.07. The van der Waals surface area contributed by atoms with Crippen molar-refractivity contribution in [1.29, 1.82) is 0 Å². The second-order valence-corrected chi connectivity index (χ2v) is 6.97. The number of hydrogen-bond donors (Lipinski definition) is 3. The van der Waals surface area contributed by atoms with Gasteiger partial charge in [-0.15, -0.1) is 11.3 Å². The van der Waals surface area contributed by atoms with Crippen LogP contribution in [0.1, 0.15) is 22.5 Å². The van der Waals surface area contributed by atoms with Crippen molar-refractivity contribution < 1.29 is 19.8 Å². The normalized spacial score (nSPS) is 10.6. The van der Waals surface area contributed by atoms with E-state index in [2.05, 4.69) is 10.3 Å². The topological polar surface area (TPSA) is 99.5 Å². The predicted molar refractivity (Wildman–Crippen MR) is 105 cm³/mol. The maximum Gasteiger partial charge on any atom is 0.337 e. The highest BCUT2D eigenvalue weighted by molar-refractivity contribution is 7.13. The number of halogens is 1. The van der Waals surface area contributed by atoms with Gasteiger partial charge in [0.25, 0.3) is 0 Å². The summed E-state index contributed by atoms with van der Waals surface area (Å²) in [6, 6.07) is 10.9. The maximum atomic E-state index is 12.2. The van der Waals surface area contributed by atoms with Crippen LogP contribution in [0.15, 0.2) is 47.8 Å². The van der Waals surface area contributed by atoms with Crippen molar-refractivity contribution in [3.8, 4) is 16.3 Å². The number of carbonyl (C=O) groups is 2. The molecule has 0 saturated carbocycles. The number of para-hydroxylation sites is 1. The largest absolute Gasteiger partial charge is 0.508 e. The molecule has 0 aliphatic rings. The van der Waals surface area contributed by atoms with Gasteiger partial charge >= 0.3 is 5.97 Å². The van der Waals surface area contributed by atoms with Gasteiger partial charge in [-0.2, -0.15) is 0 Å². The third kappa shape index (κ3) is 4.64. The van der Waals surface area contributed by atoms with E-state index in [9.17, 15) is 14.7 Å². The molecule has 27 heavy (non-hydrogen) atoms. The summed E-state index contributed by atoms with van der Waals surface area (Å²) in [5.74, 6) is -1.31. The van der Waals surface area contributed by atoms with Crippen LogP contribution >= 0.6 is 22.9 Å². The van der Waals surface area contributed by atoms with Crippen LogP contribution < -0.4 is 5.32 Å². The fraction of sp³-hybridized carbons (Fsp3) is 0.105. The van der Waals surface area contributed by atoms with Gasteiger partial charge in [0.1, 0.15) is 10.8 Å². The van der Waals surface area contributed by atoms with Gasteiger partial charge in [-0.1, -0.05) is 23.7 Å². The molecule has 0 aliphatic heterocycles. The Morgan fingerprint density at radius 3 is 2.70 bits per heavy atom. The molecule has 0 radical (unpaired) electrons. The van der Waals surface area contributed by atoms with Crippen molar-refractivity contribution in [2.45, 2.75) is 12.8 Å². The van der Waals surface area contributed by atoms with Gasteiger partial charge in [-0.25, -0.2) is 9.78 Å². The fourth-order valence-electron chi connectivity index (χ4n) is 2.46. The number of benzene rings is 2. The number of phenols is 1. The molecule has 1 heterocycles. The van der Waals surface area contributed by atoms with Crippen LogP contribution in [0.25, 0.3) is 10.6 Å². The Kier molecular flexibility index (Phi) is 5.73. The first-order valence-electron chi connectivity index (χ1n) is 7.99. The Bertz CT molecular complexity index is 1000. The van der Waals surface area contributed by atoms with Gasteiger partial charge in [0, 0.05) is 17.4 Å². The predicted octanol–water partition coefficient (Wildman–Crippen LogP) is 4.44. The highest BCUT2D eigenvalue weighted by Crippen LogP contribution is 2.33. The minimum Gasteiger partial charge on any atom is -0.508 e. The number of aromatic carboxylic acids is 1. The lowest BCUT2D eigenvalue weighted by atomic mass is 10.1. The summed E-state index contributed by atoms with van der Waals surface area (Å²) in [4.78, 5) is 27.8. The molecule has 0 bridgehead atoms. The first-order chi connectivity index (χ1) is 12.9. The average molecular weight is 403 g/mol. The van der Waals surface area contributed by atoms with Crippen molar-refractivity contribution in [1.82, 2.24) is 4.98 Å². The summed E-state index contributed by atoms with van der Waals surface area (Å²) in [5, 5.41) is 24.1. The number of anilines is 1. The molecule has 0 aliphatic carbocycles. The number of amides is 1. The van der Waals surface area contributed by atoms with Crippen molar-refractivity contribution in [2.75, 3.05) is 5.32 Å². The van der Waals surface area contributed by atoms with Gasteiger partial charge in [0.2, 0.25) is 5.91 Å². The molecule has 0 atom stereocenters. The number of nitrogens with zero attached hydrogens (tertiary/aromatic N) is 1. The van der Waals surface area contributed by atoms with Crippen LogP contribution in [0.5, 0.6) is 5.75 Å². The average Bonchev–Trinajstić information content (AvgIpc) is 3.09. The molecule has 0 spiro atoms. The third-order valence-corrected chi connectivity index (χ3v) is 5.01. The molecule has 3 aromatic rings. The highest BCUT2D eigenvalue weighted by Gasteiger charge is 2.13. The van der Waals surface area contributed by atoms with E-state index in [1.54, 1.807) is 24.3 Å². The number of thiazole rings is 1. The minimum atomic E-state index is -1.10. The van der Waals surface area contributed by atoms with E-state index in [1.165, 1.54) is 29.5 Å². The molecule has 1 aromatic heterocycles. The Hall–Kier alpha value is -2.90. The Morgan fingerprint density at radius 1 is 1.19 bits per heavy atom. The van der Waals surface area contributed by atoms with Gasteiger partial charge < -0.3 is 15.5 Å². The number of aromatic hydroxyl groups is 1. The number of hydrogen-bond acceptors (Lipinski definition) is 5. The number of nitrogens with one attached hydrogen (secondary N) is 1. The number of aromatic nitrogens is 1. The lowest BCUT2D eigenvalue weighted by molar-refractivity contribution is -0.116. The van der Waals surface area contributed by atoms with Gasteiger partial charge in [0.05, 0.1) is 22.0 Å². The molecule has 0 fully saturated rings. The first kappa shape index (κ1) is 18.9. The first-order valence-corrected chi connectivity index (χ1v) is 9.25. The summed E-state index contributed by atoms with van der Waals surface area (Å²) >= 11 is 7.52. The lowest BCUT2D eigenvalue weighted by Crippen LogP contribution is -2.15. The van der Waals surface area contributed by atoms with Crippen LogP contribution in [0.4, 0.5) is 5.69 Å². The van der Waals surface area contributed by atoms with Crippen LogP contribution in [0, 0.1) is 0 Å². The van der Waals surface area contributed by atoms with E-state index in [1.807, 2.05) is 5.38 Å². The summed E-state index contributed by atoms with van der Waals surface area (Å²) in [6.07, 6.45) is 0.577. The maximum absolute atomic E-state index is 12.2. The van der Waals surface area contributed by atoms with Gasteiger partial charge in [-0.05, 0) is 36.8 Å². The molecule has 0 saturated heterocycles. The van der Waals surface area contributed by atoms with Crippen LogP contribution in [0.2, 0.25) is 5.02 Å². The second-order valence-electron chi connectivity index (χ2n) is 5.71. The number of rotatable bonds is 6. The highest BCUT2D eigenvalue weighted by atomic mass is 35.5. The zero-order valence-corrected chi connectivity index (χ0v) is 15.5. The summed E-state index contributed by atoms with van der Waals surface area (Å²) in [6.45, 7) is 0. The molecule has 138 valence electrons. The molecule has 8 heteroatoms. The molecule has 3 N–H and O–H groups in total. The Balaban J connectivity index is 1.63. The molecule has 6 nitrogen and oxygen atoms in total. The standard InChI is InChI=1S/C19H15ClN2O4S/c20-15-9-12(23)6-7-13(15)18-21-11(10-27-18)5-8-17(24)22-16-4-2-1-3-14(16)19(25)26/h1-4,6-7,9-10,23H,5,8H2,(H,22,24)(H,25,26). The molecule has 0 unspecified atom stereocenters. The van der Waals surface area contributed by atoms with E-state index >= 15 is 0 Å². The van der Waals surface area contributed by atoms with Crippen molar-refractivity contribution in [2.24, 2.45) is 0 Å². The fourth-order valence-corrected chi connectivity index (χ4v) is 3.67. The minimum absolute atomic E-state index is 0.0452. The summed E-state index contributed by atoms with van der Waals surface area (Å²) in [7, 11) is 0. The Morgan fingerprint density at radius 2 is 1.96 bits per heavy atom. The van der Waals surface area contributed by atoms with Crippen LogP contribution in [-0.2, 0) is 11.2 Å². The van der Waals surface area contributed by atoms with Gasteiger partial charge in [-0.3, -0.25) is 4.79 Å². The summed E-state index contributed by atoms with van der Waals surface area (Å²) < 4.78 is 0. The quantitative estimate of drug-likeness (QED) is 0.566. The number of carboxylic acid groups (broad SMARTS) is 1. The van der Waals surface area contributed by atoms with Crippen molar-refractivity contribution in [3.63, 3.8) is 0 Å². The zero-order chi connectivity index (χ0) is 19.4. The smallest absolute Gasteiger partial charge is 0.337 e. The number of phenolic OH excluding ortho intramolecular Hbond substituents is 1. The third-order valence-electron chi connectivity index (χ3n) is 3.77. The van der Waals surface area contributed by atoms with Crippen molar-refractivity contribution in [3.05, 3.63) is 64.1 Å². The van der Waals surface area contributed by atoms with Crippen LogP contribution in [0.3, 0.4) is 0 Å². The second kappa shape index (κ2) is 8.20. The molecular formula is C19H15ClN2O4S. The number of carboxylic acids is 1. The monoisotopic (exact) mass is 402 g/mol.